The van der Waals surface area contributed by atoms with Gasteiger partial charge in [0.1, 0.15) is 17.9 Å². The number of benzene rings is 1. The van der Waals surface area contributed by atoms with Gasteiger partial charge in [0, 0.05) is 37.8 Å². The van der Waals surface area contributed by atoms with Crippen molar-refractivity contribution < 1.29 is 13.2 Å². The number of nitrogens with zero attached hydrogens (tertiary/aromatic N) is 5. The van der Waals surface area contributed by atoms with Crippen LogP contribution >= 0.6 is 0 Å². The molecule has 1 aliphatic carbocycles. The van der Waals surface area contributed by atoms with Crippen molar-refractivity contribution in [2.45, 2.75) is 44.6 Å². The number of ether oxygens (including phenoxy) is 1. The third-order valence-electron chi connectivity index (χ3n) is 5.88. The van der Waals surface area contributed by atoms with Crippen LogP contribution in [0.25, 0.3) is 0 Å². The van der Waals surface area contributed by atoms with E-state index in [1.165, 1.54) is 0 Å². The van der Waals surface area contributed by atoms with Gasteiger partial charge in [0.2, 0.25) is 10.0 Å². The molecule has 0 spiro atoms. The standard InChI is InChI=1S/C22H27N5O3S/c1-15(2)30-17-4-3-16-13-23-22(19(16)11-17)20-12-21(25-14-24-20)26-7-9-27(10-8-26)31(28,29)18-5-6-18/h3-4,11-12,14-15,18H,5-10,13H2,1-2H3. The van der Waals surface area contributed by atoms with E-state index in [0.717, 1.165) is 46.9 Å². The van der Waals surface area contributed by atoms with E-state index in [2.05, 4.69) is 20.9 Å². The molecule has 31 heavy (non-hydrogen) atoms. The van der Waals surface area contributed by atoms with Gasteiger partial charge in [-0.15, -0.1) is 0 Å². The first-order chi connectivity index (χ1) is 14.9. The second-order valence-corrected chi connectivity index (χ2v) is 10.8. The summed E-state index contributed by atoms with van der Waals surface area (Å²) < 4.78 is 32.5. The quantitative estimate of drug-likeness (QED) is 0.683. The number of hydrogen-bond acceptors (Lipinski definition) is 7. The van der Waals surface area contributed by atoms with E-state index in [9.17, 15) is 8.42 Å². The van der Waals surface area contributed by atoms with Crippen LogP contribution < -0.4 is 9.64 Å². The highest BCUT2D eigenvalue weighted by Gasteiger charge is 2.41. The van der Waals surface area contributed by atoms with Crippen LogP contribution in [0.5, 0.6) is 5.75 Å². The number of fused-ring (bicyclic) bond motifs is 1. The summed E-state index contributed by atoms with van der Waals surface area (Å²) in [5.74, 6) is 1.63. The molecule has 0 atom stereocenters. The number of aromatic nitrogens is 2. The Bertz CT molecular complexity index is 1120. The molecule has 2 aliphatic heterocycles. The number of piperazine rings is 1. The third kappa shape index (κ3) is 4.04. The van der Waals surface area contributed by atoms with Crippen molar-refractivity contribution in [3.8, 4) is 5.75 Å². The number of anilines is 1. The molecule has 0 N–H and O–H groups in total. The van der Waals surface area contributed by atoms with Gasteiger partial charge >= 0.3 is 0 Å². The van der Waals surface area contributed by atoms with E-state index in [-0.39, 0.29) is 11.4 Å². The SMILES string of the molecule is CC(C)Oc1ccc2c(c1)C(c1cc(N3CCN(S(=O)(=O)C4CC4)CC3)ncn1)=NC2. The minimum absolute atomic E-state index is 0.105. The van der Waals surface area contributed by atoms with Gasteiger partial charge in [0.15, 0.2) is 0 Å². The summed E-state index contributed by atoms with van der Waals surface area (Å²) in [5, 5.41) is -0.158. The van der Waals surface area contributed by atoms with E-state index in [4.69, 9.17) is 9.73 Å². The Kier molecular flexibility index (Phi) is 5.18. The third-order valence-corrected chi connectivity index (χ3v) is 8.28. The summed E-state index contributed by atoms with van der Waals surface area (Å²) in [4.78, 5) is 15.8. The van der Waals surface area contributed by atoms with Crippen molar-refractivity contribution in [2.75, 3.05) is 31.1 Å². The number of sulfonamides is 1. The summed E-state index contributed by atoms with van der Waals surface area (Å²) >= 11 is 0. The van der Waals surface area contributed by atoms with Gasteiger partial charge in [-0.1, -0.05) is 6.07 Å². The molecule has 5 rings (SSSR count). The smallest absolute Gasteiger partial charge is 0.217 e. The molecule has 9 heteroatoms. The van der Waals surface area contributed by atoms with Gasteiger partial charge in [-0.25, -0.2) is 18.4 Å². The van der Waals surface area contributed by atoms with E-state index in [0.29, 0.717) is 32.7 Å². The monoisotopic (exact) mass is 441 g/mol. The zero-order chi connectivity index (χ0) is 21.6. The first-order valence-electron chi connectivity index (χ1n) is 10.8. The largest absolute Gasteiger partial charge is 0.491 e. The summed E-state index contributed by atoms with van der Waals surface area (Å²) in [6.07, 6.45) is 3.26. The fourth-order valence-corrected chi connectivity index (χ4v) is 5.95. The van der Waals surface area contributed by atoms with Crippen LogP contribution in [-0.2, 0) is 16.6 Å². The lowest BCUT2D eigenvalue weighted by molar-refractivity contribution is 0.242. The predicted octanol–water partition coefficient (Wildman–Crippen LogP) is 2.23. The molecule has 0 bridgehead atoms. The van der Waals surface area contributed by atoms with Crippen LogP contribution in [0, 0.1) is 0 Å². The molecule has 1 aromatic carbocycles. The van der Waals surface area contributed by atoms with Gasteiger partial charge in [-0.2, -0.15) is 4.31 Å². The van der Waals surface area contributed by atoms with Crippen molar-refractivity contribution in [2.24, 2.45) is 4.99 Å². The second kappa shape index (κ2) is 7.87. The summed E-state index contributed by atoms with van der Waals surface area (Å²) in [6, 6.07) is 8.03. The zero-order valence-corrected chi connectivity index (χ0v) is 18.7. The minimum Gasteiger partial charge on any atom is -0.491 e. The molecular formula is C22H27N5O3S. The Labute approximate surface area is 183 Å². The Morgan fingerprint density at radius 1 is 1.06 bits per heavy atom. The summed E-state index contributed by atoms with van der Waals surface area (Å²) in [6.45, 7) is 6.89. The lowest BCUT2D eigenvalue weighted by Crippen LogP contribution is -2.49. The molecule has 0 unspecified atom stereocenters. The fraction of sp³-hybridized carbons (Fsp3) is 0.500. The van der Waals surface area contributed by atoms with Crippen molar-refractivity contribution in [3.63, 3.8) is 0 Å². The van der Waals surface area contributed by atoms with Crippen LogP contribution in [-0.4, -0.2) is 65.9 Å². The van der Waals surface area contributed by atoms with Gasteiger partial charge in [-0.05, 0) is 44.4 Å². The highest BCUT2D eigenvalue weighted by Crippen LogP contribution is 2.32. The molecule has 2 aromatic rings. The van der Waals surface area contributed by atoms with Gasteiger partial charge < -0.3 is 9.64 Å². The first kappa shape index (κ1) is 20.4. The van der Waals surface area contributed by atoms with Gasteiger partial charge in [0.25, 0.3) is 0 Å². The van der Waals surface area contributed by atoms with E-state index in [1.807, 2.05) is 32.0 Å². The normalized spacial score (nSPS) is 19.5. The maximum absolute atomic E-state index is 12.5. The van der Waals surface area contributed by atoms with Crippen LogP contribution in [0.15, 0.2) is 35.6 Å². The van der Waals surface area contributed by atoms with E-state index < -0.39 is 10.0 Å². The molecule has 1 saturated heterocycles. The van der Waals surface area contributed by atoms with Crippen LogP contribution in [0.3, 0.4) is 0 Å². The van der Waals surface area contributed by atoms with Crippen molar-refractivity contribution in [3.05, 3.63) is 47.4 Å². The maximum Gasteiger partial charge on any atom is 0.217 e. The Morgan fingerprint density at radius 3 is 2.55 bits per heavy atom. The lowest BCUT2D eigenvalue weighted by Gasteiger charge is -2.34. The van der Waals surface area contributed by atoms with Gasteiger partial charge in [-0.3, -0.25) is 4.99 Å². The number of aliphatic imine (C=N–C) groups is 1. The molecule has 8 nitrogen and oxygen atoms in total. The molecule has 1 saturated carbocycles. The molecule has 2 fully saturated rings. The first-order valence-corrected chi connectivity index (χ1v) is 12.3. The van der Waals surface area contributed by atoms with Crippen molar-refractivity contribution in [1.29, 1.82) is 0 Å². The fourth-order valence-electron chi connectivity index (χ4n) is 4.13. The highest BCUT2D eigenvalue weighted by molar-refractivity contribution is 7.90. The van der Waals surface area contributed by atoms with Crippen molar-refractivity contribution >= 4 is 21.6 Å². The molecule has 0 amide bonds. The molecule has 164 valence electrons. The minimum atomic E-state index is -3.12. The lowest BCUT2D eigenvalue weighted by atomic mass is 10.0. The van der Waals surface area contributed by atoms with Crippen LogP contribution in [0.2, 0.25) is 0 Å². The van der Waals surface area contributed by atoms with Crippen LogP contribution in [0.4, 0.5) is 5.82 Å². The second-order valence-electron chi connectivity index (χ2n) is 8.54. The maximum atomic E-state index is 12.5. The van der Waals surface area contributed by atoms with Gasteiger partial charge in [0.05, 0.1) is 29.3 Å². The topological polar surface area (TPSA) is 88.0 Å². The Balaban J connectivity index is 1.33. The van der Waals surface area contributed by atoms with E-state index in [1.54, 1.807) is 10.6 Å². The van der Waals surface area contributed by atoms with Crippen molar-refractivity contribution in [1.82, 2.24) is 14.3 Å². The zero-order valence-electron chi connectivity index (χ0n) is 17.9. The van der Waals surface area contributed by atoms with Crippen LogP contribution in [0.1, 0.15) is 43.5 Å². The molecule has 0 radical (unpaired) electrons. The average Bonchev–Trinajstić information content (AvgIpc) is 3.55. The molecule has 3 aliphatic rings. The summed E-state index contributed by atoms with van der Waals surface area (Å²) in [5.41, 5.74) is 3.83. The molecular weight excluding hydrogens is 414 g/mol. The Morgan fingerprint density at radius 2 is 1.84 bits per heavy atom. The number of hydrogen-bond donors (Lipinski definition) is 0. The van der Waals surface area contributed by atoms with E-state index >= 15 is 0 Å². The predicted molar refractivity (Wildman–Crippen MR) is 119 cm³/mol. The molecule has 3 heterocycles. The number of rotatable bonds is 6. The Hall–Kier alpha value is -2.52. The highest BCUT2D eigenvalue weighted by atomic mass is 32.2. The summed E-state index contributed by atoms with van der Waals surface area (Å²) in [7, 11) is -3.12. The molecule has 1 aromatic heterocycles. The average molecular weight is 442 g/mol.